The lowest BCUT2D eigenvalue weighted by molar-refractivity contribution is -0.138. The van der Waals surface area contributed by atoms with E-state index in [0.717, 1.165) is 5.69 Å². The van der Waals surface area contributed by atoms with Crippen molar-refractivity contribution in [3.8, 4) is 0 Å². The molecule has 0 aromatic heterocycles. The number of aliphatic carboxylic acids is 1. The molecule has 3 N–H and O–H groups in total. The summed E-state index contributed by atoms with van der Waals surface area (Å²) in [5.74, 6) is -0.764. The quantitative estimate of drug-likeness (QED) is 0.778. The highest BCUT2D eigenvalue weighted by molar-refractivity contribution is 5.70. The highest BCUT2D eigenvalue weighted by Crippen LogP contribution is 2.26. The molecule has 0 bridgehead atoms. The molecular weight excluding hydrogens is 240 g/mol. The molecule has 2 rings (SSSR count). The van der Waals surface area contributed by atoms with Crippen molar-refractivity contribution in [2.24, 2.45) is 0 Å². The summed E-state index contributed by atoms with van der Waals surface area (Å²) in [5.41, 5.74) is 2.05. The maximum absolute atomic E-state index is 10.9. The number of carboxylic acid groups (broad SMARTS) is 1. The number of nitrogens with one attached hydrogen (secondary N) is 2. The van der Waals surface area contributed by atoms with E-state index in [1.54, 1.807) is 0 Å². The maximum atomic E-state index is 10.9. The number of hydrogen-bond acceptors (Lipinski definition) is 3. The van der Waals surface area contributed by atoms with Crippen LogP contribution in [-0.4, -0.2) is 29.7 Å². The Kier molecular flexibility index (Phi) is 3.54. The normalized spacial score (nSPS) is 17.6. The van der Waals surface area contributed by atoms with Crippen LogP contribution in [0.2, 0.25) is 0 Å². The lowest BCUT2D eigenvalue weighted by Gasteiger charge is -2.43. The second-order valence-electron chi connectivity index (χ2n) is 6.41. The van der Waals surface area contributed by atoms with E-state index in [-0.39, 0.29) is 17.4 Å². The molecule has 0 atom stereocenters. The average Bonchev–Trinajstić information content (AvgIpc) is 2.25. The van der Waals surface area contributed by atoms with E-state index in [0.29, 0.717) is 13.1 Å². The van der Waals surface area contributed by atoms with Crippen LogP contribution in [0, 0.1) is 0 Å². The van der Waals surface area contributed by atoms with Crippen molar-refractivity contribution >= 4 is 11.7 Å². The molecule has 1 aromatic rings. The van der Waals surface area contributed by atoms with Crippen molar-refractivity contribution in [3.63, 3.8) is 0 Å². The average molecular weight is 262 g/mol. The smallest absolute Gasteiger partial charge is 0.305 e. The Labute approximate surface area is 114 Å². The van der Waals surface area contributed by atoms with Gasteiger partial charge >= 0.3 is 5.97 Å². The Hall–Kier alpha value is -1.55. The summed E-state index contributed by atoms with van der Waals surface area (Å²) in [7, 11) is 0. The predicted molar refractivity (Wildman–Crippen MR) is 76.6 cm³/mol. The van der Waals surface area contributed by atoms with Crippen molar-refractivity contribution in [2.75, 3.05) is 18.4 Å². The molecule has 1 aliphatic heterocycles. The topological polar surface area (TPSA) is 61.4 Å². The van der Waals surface area contributed by atoms with Crippen LogP contribution in [0.15, 0.2) is 24.3 Å². The number of hydrogen-bond donors (Lipinski definition) is 3. The van der Waals surface area contributed by atoms with Gasteiger partial charge in [0.15, 0.2) is 0 Å². The van der Waals surface area contributed by atoms with Crippen molar-refractivity contribution < 1.29 is 9.90 Å². The maximum Gasteiger partial charge on any atom is 0.305 e. The minimum Gasteiger partial charge on any atom is -0.481 e. The van der Waals surface area contributed by atoms with Crippen LogP contribution in [-0.2, 0) is 10.2 Å². The monoisotopic (exact) mass is 262 g/mol. The predicted octanol–water partition coefficient (Wildman–Crippen LogP) is 2.21. The number of carbonyl (C=O) groups is 1. The molecule has 0 radical (unpaired) electrons. The van der Waals surface area contributed by atoms with Crippen molar-refractivity contribution in [3.05, 3.63) is 29.8 Å². The van der Waals surface area contributed by atoms with Gasteiger partial charge in [-0.1, -0.05) is 32.9 Å². The zero-order valence-corrected chi connectivity index (χ0v) is 11.8. The van der Waals surface area contributed by atoms with Gasteiger partial charge < -0.3 is 15.7 Å². The number of carboxylic acids is 1. The lowest BCUT2D eigenvalue weighted by Crippen LogP contribution is -2.65. The van der Waals surface area contributed by atoms with Crippen molar-refractivity contribution in [2.45, 2.75) is 38.1 Å². The van der Waals surface area contributed by atoms with Gasteiger partial charge in [-0.3, -0.25) is 4.79 Å². The van der Waals surface area contributed by atoms with Gasteiger partial charge in [-0.15, -0.1) is 0 Å². The summed E-state index contributed by atoms with van der Waals surface area (Å²) in [6.45, 7) is 7.92. The Bertz CT molecular complexity index is 456. The first-order valence-electron chi connectivity index (χ1n) is 6.62. The van der Waals surface area contributed by atoms with Gasteiger partial charge in [0, 0.05) is 18.8 Å². The molecule has 19 heavy (non-hydrogen) atoms. The van der Waals surface area contributed by atoms with Gasteiger partial charge in [-0.25, -0.2) is 0 Å². The van der Waals surface area contributed by atoms with Crippen molar-refractivity contribution in [1.82, 2.24) is 5.32 Å². The minimum atomic E-state index is -0.764. The summed E-state index contributed by atoms with van der Waals surface area (Å²) < 4.78 is 0. The summed E-state index contributed by atoms with van der Waals surface area (Å²) in [5, 5.41) is 15.5. The Morgan fingerprint density at radius 2 is 1.89 bits per heavy atom. The second-order valence-corrected chi connectivity index (χ2v) is 6.41. The van der Waals surface area contributed by atoms with E-state index in [1.807, 2.05) is 12.1 Å². The molecule has 104 valence electrons. The minimum absolute atomic E-state index is 0.134. The Morgan fingerprint density at radius 1 is 1.32 bits per heavy atom. The Balaban J connectivity index is 2.08. The van der Waals surface area contributed by atoms with E-state index >= 15 is 0 Å². The fourth-order valence-electron chi connectivity index (χ4n) is 2.33. The van der Waals surface area contributed by atoms with Crippen LogP contribution >= 0.6 is 0 Å². The fourth-order valence-corrected chi connectivity index (χ4v) is 2.33. The van der Waals surface area contributed by atoms with Gasteiger partial charge in [0.25, 0.3) is 0 Å². The zero-order valence-electron chi connectivity index (χ0n) is 11.8. The van der Waals surface area contributed by atoms with E-state index in [4.69, 9.17) is 5.11 Å². The molecule has 1 fully saturated rings. The van der Waals surface area contributed by atoms with E-state index in [9.17, 15) is 4.79 Å². The van der Waals surface area contributed by atoms with Gasteiger partial charge in [-0.2, -0.15) is 0 Å². The molecule has 0 spiro atoms. The zero-order chi connectivity index (χ0) is 14.1. The van der Waals surface area contributed by atoms with Crippen LogP contribution in [0.4, 0.5) is 5.69 Å². The summed E-state index contributed by atoms with van der Waals surface area (Å²) in [4.78, 5) is 10.9. The van der Waals surface area contributed by atoms with Crippen LogP contribution in [0.5, 0.6) is 0 Å². The molecule has 1 heterocycles. The highest BCUT2D eigenvalue weighted by Gasteiger charge is 2.38. The molecule has 1 saturated heterocycles. The fraction of sp³-hybridized carbons (Fsp3) is 0.533. The molecular formula is C15H22N2O2. The lowest BCUT2D eigenvalue weighted by atomic mass is 9.86. The van der Waals surface area contributed by atoms with Crippen LogP contribution in [0.3, 0.4) is 0 Å². The molecule has 0 amide bonds. The molecule has 1 aliphatic rings. The first-order chi connectivity index (χ1) is 8.81. The molecule has 0 aliphatic carbocycles. The van der Waals surface area contributed by atoms with Crippen LogP contribution in [0.1, 0.15) is 32.8 Å². The Morgan fingerprint density at radius 3 is 2.26 bits per heavy atom. The number of rotatable bonds is 4. The first kappa shape index (κ1) is 13.9. The molecule has 0 saturated carbocycles. The molecule has 1 aromatic carbocycles. The molecule has 4 heteroatoms. The molecule has 0 unspecified atom stereocenters. The van der Waals surface area contributed by atoms with Crippen LogP contribution in [0.25, 0.3) is 0 Å². The largest absolute Gasteiger partial charge is 0.481 e. The summed E-state index contributed by atoms with van der Waals surface area (Å²) >= 11 is 0. The summed E-state index contributed by atoms with van der Waals surface area (Å²) in [6, 6.07) is 8.26. The first-order valence-corrected chi connectivity index (χ1v) is 6.62. The van der Waals surface area contributed by atoms with Gasteiger partial charge in [0.1, 0.15) is 0 Å². The van der Waals surface area contributed by atoms with E-state index in [1.165, 1.54) is 5.56 Å². The number of benzene rings is 1. The third-order valence-corrected chi connectivity index (χ3v) is 3.58. The van der Waals surface area contributed by atoms with Crippen molar-refractivity contribution in [1.29, 1.82) is 0 Å². The van der Waals surface area contributed by atoms with Gasteiger partial charge in [-0.05, 0) is 23.1 Å². The standard InChI is InChI=1S/C15H22N2O2/c1-14(2,3)11-4-6-12(7-5-11)17-15(8-13(18)19)9-16-10-15/h4-7,16-17H,8-10H2,1-3H3,(H,18,19). The van der Waals surface area contributed by atoms with Gasteiger partial charge in [0.2, 0.25) is 0 Å². The van der Waals surface area contributed by atoms with E-state index < -0.39 is 5.97 Å². The third-order valence-electron chi connectivity index (χ3n) is 3.58. The van der Waals surface area contributed by atoms with E-state index in [2.05, 4.69) is 43.5 Å². The second kappa shape index (κ2) is 4.85. The van der Waals surface area contributed by atoms with Gasteiger partial charge in [0.05, 0.1) is 12.0 Å². The SMILES string of the molecule is CC(C)(C)c1ccc(NC2(CC(=O)O)CNC2)cc1. The van der Waals surface area contributed by atoms with Crippen LogP contribution < -0.4 is 10.6 Å². The summed E-state index contributed by atoms with van der Waals surface area (Å²) in [6.07, 6.45) is 0.140. The third kappa shape index (κ3) is 3.26. The highest BCUT2D eigenvalue weighted by atomic mass is 16.4. The number of anilines is 1. The molecule has 4 nitrogen and oxygen atoms in total.